The Balaban J connectivity index is 1.67. The molecule has 0 bridgehead atoms. The van der Waals surface area contributed by atoms with Gasteiger partial charge in [-0.25, -0.2) is 0 Å². The van der Waals surface area contributed by atoms with Crippen LogP contribution in [0, 0.1) is 5.92 Å². The molecule has 102 valence electrons. The van der Waals surface area contributed by atoms with Gasteiger partial charge in [0.1, 0.15) is 0 Å². The lowest BCUT2D eigenvalue weighted by molar-refractivity contribution is -0.135. The molecule has 18 heavy (non-hydrogen) atoms. The van der Waals surface area contributed by atoms with Crippen LogP contribution < -0.4 is 5.32 Å². The van der Waals surface area contributed by atoms with Gasteiger partial charge in [-0.2, -0.15) is 0 Å². The van der Waals surface area contributed by atoms with Crippen molar-refractivity contribution >= 4 is 11.8 Å². The van der Waals surface area contributed by atoms with Crippen molar-refractivity contribution in [2.75, 3.05) is 19.6 Å². The highest BCUT2D eigenvalue weighted by atomic mass is 16.3. The summed E-state index contributed by atoms with van der Waals surface area (Å²) in [7, 11) is 0. The molecule has 0 unspecified atom stereocenters. The van der Waals surface area contributed by atoms with E-state index in [9.17, 15) is 9.59 Å². The Hall–Kier alpha value is -1.10. The number of aliphatic hydroxyl groups is 1. The molecule has 0 atom stereocenters. The fourth-order valence-electron chi connectivity index (χ4n) is 2.56. The first-order chi connectivity index (χ1) is 8.65. The summed E-state index contributed by atoms with van der Waals surface area (Å²) < 4.78 is 0. The zero-order valence-electron chi connectivity index (χ0n) is 10.7. The molecular weight excluding hydrogens is 232 g/mol. The van der Waals surface area contributed by atoms with E-state index in [0.717, 1.165) is 32.1 Å². The Morgan fingerprint density at radius 1 is 1.33 bits per heavy atom. The Morgan fingerprint density at radius 3 is 2.83 bits per heavy atom. The van der Waals surface area contributed by atoms with Crippen LogP contribution in [0.3, 0.4) is 0 Å². The van der Waals surface area contributed by atoms with Gasteiger partial charge in [0.15, 0.2) is 0 Å². The molecule has 0 radical (unpaired) electrons. The van der Waals surface area contributed by atoms with E-state index in [1.165, 1.54) is 0 Å². The van der Waals surface area contributed by atoms with Gasteiger partial charge in [0.25, 0.3) is 0 Å². The van der Waals surface area contributed by atoms with Crippen LogP contribution >= 0.6 is 0 Å². The number of aliphatic hydroxyl groups excluding tert-OH is 1. The number of likely N-dealkylation sites (tertiary alicyclic amines) is 1. The number of hydrogen-bond donors (Lipinski definition) is 2. The van der Waals surface area contributed by atoms with Crippen molar-refractivity contribution in [2.45, 2.75) is 44.6 Å². The van der Waals surface area contributed by atoms with Gasteiger partial charge >= 0.3 is 0 Å². The fourth-order valence-corrected chi connectivity index (χ4v) is 2.56. The van der Waals surface area contributed by atoms with E-state index in [0.29, 0.717) is 25.4 Å². The second kappa shape index (κ2) is 6.18. The van der Waals surface area contributed by atoms with Gasteiger partial charge in [-0.1, -0.05) is 6.42 Å². The SMILES string of the molecule is O=C(CN1CCCCCC1=O)NCC1CC(O)C1. The smallest absolute Gasteiger partial charge is 0.239 e. The summed E-state index contributed by atoms with van der Waals surface area (Å²) in [6, 6.07) is 0. The highest BCUT2D eigenvalue weighted by molar-refractivity contribution is 5.84. The van der Waals surface area contributed by atoms with Crippen molar-refractivity contribution in [2.24, 2.45) is 5.92 Å². The third-order valence-electron chi connectivity index (χ3n) is 3.80. The van der Waals surface area contributed by atoms with E-state index in [-0.39, 0.29) is 24.5 Å². The molecule has 1 aliphatic heterocycles. The average Bonchev–Trinajstić information content (AvgIpc) is 2.49. The minimum atomic E-state index is -0.181. The van der Waals surface area contributed by atoms with Crippen LogP contribution in [0.15, 0.2) is 0 Å². The summed E-state index contributed by atoms with van der Waals surface area (Å²) in [5.41, 5.74) is 0. The summed E-state index contributed by atoms with van der Waals surface area (Å²) in [4.78, 5) is 25.1. The summed E-state index contributed by atoms with van der Waals surface area (Å²) in [6.45, 7) is 1.51. The standard InChI is InChI=1S/C13H22N2O3/c16-11-6-10(7-11)8-14-12(17)9-15-5-3-1-2-4-13(15)18/h10-11,16H,1-9H2,(H,14,17). The second-order valence-electron chi connectivity index (χ2n) is 5.42. The van der Waals surface area contributed by atoms with E-state index in [4.69, 9.17) is 5.11 Å². The monoisotopic (exact) mass is 254 g/mol. The van der Waals surface area contributed by atoms with E-state index in [1.54, 1.807) is 4.90 Å². The molecule has 5 nitrogen and oxygen atoms in total. The van der Waals surface area contributed by atoms with E-state index in [2.05, 4.69) is 5.32 Å². The van der Waals surface area contributed by atoms with Crippen molar-refractivity contribution < 1.29 is 14.7 Å². The first kappa shape index (κ1) is 13.3. The van der Waals surface area contributed by atoms with E-state index >= 15 is 0 Å². The lowest BCUT2D eigenvalue weighted by atomic mass is 9.82. The molecule has 5 heteroatoms. The first-order valence-electron chi connectivity index (χ1n) is 6.87. The molecule has 1 saturated carbocycles. The molecule has 2 N–H and O–H groups in total. The topological polar surface area (TPSA) is 69.6 Å². The van der Waals surface area contributed by atoms with Crippen LogP contribution in [0.25, 0.3) is 0 Å². The maximum absolute atomic E-state index is 11.7. The molecule has 1 heterocycles. The molecule has 0 aromatic carbocycles. The molecular formula is C13H22N2O3. The Morgan fingerprint density at radius 2 is 2.11 bits per heavy atom. The maximum Gasteiger partial charge on any atom is 0.239 e. The minimum absolute atomic E-state index is 0.0772. The lowest BCUT2D eigenvalue weighted by Gasteiger charge is -2.31. The second-order valence-corrected chi connectivity index (χ2v) is 5.42. The van der Waals surface area contributed by atoms with Gasteiger partial charge in [-0.05, 0) is 31.6 Å². The van der Waals surface area contributed by atoms with Gasteiger partial charge in [0.05, 0.1) is 12.6 Å². The number of rotatable bonds is 4. The van der Waals surface area contributed by atoms with Crippen LogP contribution in [0.5, 0.6) is 0 Å². The Labute approximate surface area is 108 Å². The molecule has 0 aromatic rings. The van der Waals surface area contributed by atoms with Crippen molar-refractivity contribution in [3.05, 3.63) is 0 Å². The summed E-state index contributed by atoms with van der Waals surface area (Å²) in [5, 5.41) is 12.0. The largest absolute Gasteiger partial charge is 0.393 e. The Bertz CT molecular complexity index is 313. The number of amides is 2. The lowest BCUT2D eigenvalue weighted by Crippen LogP contribution is -2.44. The molecule has 2 rings (SSSR count). The summed E-state index contributed by atoms with van der Waals surface area (Å²) in [5.74, 6) is 0.428. The predicted octanol–water partition coefficient (Wildman–Crippen LogP) is 0.276. The van der Waals surface area contributed by atoms with Crippen molar-refractivity contribution in [1.29, 1.82) is 0 Å². The van der Waals surface area contributed by atoms with Crippen LogP contribution in [0.1, 0.15) is 38.5 Å². The minimum Gasteiger partial charge on any atom is -0.393 e. The molecule has 1 aliphatic carbocycles. The van der Waals surface area contributed by atoms with Crippen molar-refractivity contribution in [1.82, 2.24) is 10.2 Å². The maximum atomic E-state index is 11.7. The number of hydrogen-bond acceptors (Lipinski definition) is 3. The van der Waals surface area contributed by atoms with Gasteiger partial charge in [-0.3, -0.25) is 9.59 Å². The molecule has 0 aromatic heterocycles. The Kier molecular flexibility index (Phi) is 4.58. The third kappa shape index (κ3) is 3.70. The van der Waals surface area contributed by atoms with Gasteiger partial charge in [-0.15, -0.1) is 0 Å². The third-order valence-corrected chi connectivity index (χ3v) is 3.80. The highest BCUT2D eigenvalue weighted by Gasteiger charge is 2.27. The zero-order chi connectivity index (χ0) is 13.0. The highest BCUT2D eigenvalue weighted by Crippen LogP contribution is 2.26. The fraction of sp³-hybridized carbons (Fsp3) is 0.846. The zero-order valence-corrected chi connectivity index (χ0v) is 10.7. The number of nitrogens with zero attached hydrogens (tertiary/aromatic N) is 1. The van der Waals surface area contributed by atoms with Crippen LogP contribution in [0.2, 0.25) is 0 Å². The van der Waals surface area contributed by atoms with Crippen molar-refractivity contribution in [3.8, 4) is 0 Å². The van der Waals surface area contributed by atoms with E-state index < -0.39 is 0 Å². The van der Waals surface area contributed by atoms with Crippen LogP contribution in [0.4, 0.5) is 0 Å². The summed E-state index contributed by atoms with van der Waals surface area (Å²) in [6.07, 6.45) is 4.96. The number of carbonyl (C=O) groups excluding carboxylic acids is 2. The van der Waals surface area contributed by atoms with E-state index in [1.807, 2.05) is 0 Å². The molecule has 2 aliphatic rings. The molecule has 1 saturated heterocycles. The average molecular weight is 254 g/mol. The van der Waals surface area contributed by atoms with Crippen LogP contribution in [-0.4, -0.2) is 47.6 Å². The predicted molar refractivity (Wildman–Crippen MR) is 66.8 cm³/mol. The normalized spacial score (nSPS) is 28.5. The quantitative estimate of drug-likeness (QED) is 0.757. The van der Waals surface area contributed by atoms with Crippen LogP contribution in [-0.2, 0) is 9.59 Å². The van der Waals surface area contributed by atoms with Gasteiger partial charge in [0, 0.05) is 19.5 Å². The first-order valence-corrected chi connectivity index (χ1v) is 6.87. The van der Waals surface area contributed by atoms with Gasteiger partial charge in [0.2, 0.25) is 11.8 Å². The molecule has 0 spiro atoms. The molecule has 2 fully saturated rings. The number of nitrogens with one attached hydrogen (secondary N) is 1. The van der Waals surface area contributed by atoms with Gasteiger partial charge < -0.3 is 15.3 Å². The van der Waals surface area contributed by atoms with Crippen molar-refractivity contribution in [3.63, 3.8) is 0 Å². The number of carbonyl (C=O) groups is 2. The summed E-state index contributed by atoms with van der Waals surface area (Å²) >= 11 is 0. The molecule has 2 amide bonds.